The van der Waals surface area contributed by atoms with Crippen LogP contribution in [-0.4, -0.2) is 15.8 Å². The molecule has 1 rings (SSSR count). The van der Waals surface area contributed by atoms with Crippen LogP contribution in [0.1, 0.15) is 34.6 Å². The Hall–Kier alpha value is -0.840. The molecular formula is C12H20BrN3O. The van der Waals surface area contributed by atoms with Gasteiger partial charge in [0.05, 0.1) is 11.9 Å². The second-order valence-corrected chi connectivity index (χ2v) is 6.02. The van der Waals surface area contributed by atoms with Crippen LogP contribution in [0.25, 0.3) is 0 Å². The Morgan fingerprint density at radius 1 is 1.53 bits per heavy atom. The molecule has 1 N–H and O–H groups in total. The highest BCUT2D eigenvalue weighted by atomic mass is 79.9. The summed E-state index contributed by atoms with van der Waals surface area (Å²) in [5.41, 5.74) is 0.778. The summed E-state index contributed by atoms with van der Waals surface area (Å²) in [6, 6.07) is 0.248. The van der Waals surface area contributed by atoms with E-state index in [2.05, 4.69) is 54.0 Å². The van der Waals surface area contributed by atoms with Gasteiger partial charge in [-0.1, -0.05) is 20.8 Å². The minimum absolute atomic E-state index is 0.0985. The quantitative estimate of drug-likeness (QED) is 0.934. The fourth-order valence-electron chi connectivity index (χ4n) is 1.24. The van der Waals surface area contributed by atoms with Crippen LogP contribution in [0.4, 0.5) is 5.69 Å². The average Bonchev–Trinajstić information content (AvgIpc) is 2.23. The summed E-state index contributed by atoms with van der Waals surface area (Å²) in [5, 5.41) is 7.42. The zero-order chi connectivity index (χ0) is 13.2. The highest BCUT2D eigenvalue weighted by Crippen LogP contribution is 2.25. The first-order valence-corrected chi connectivity index (χ1v) is 6.58. The molecule has 0 aliphatic rings. The fourth-order valence-corrected chi connectivity index (χ4v) is 1.66. The molecule has 0 bridgehead atoms. The van der Waals surface area contributed by atoms with Gasteiger partial charge in [-0.3, -0.25) is 4.79 Å². The summed E-state index contributed by atoms with van der Waals surface area (Å²) in [5.74, 6) is 0. The van der Waals surface area contributed by atoms with Crippen molar-refractivity contribution in [2.24, 2.45) is 5.41 Å². The van der Waals surface area contributed by atoms with E-state index in [1.165, 1.54) is 4.68 Å². The van der Waals surface area contributed by atoms with E-state index in [1.54, 1.807) is 6.20 Å². The molecule has 0 amide bonds. The summed E-state index contributed by atoms with van der Waals surface area (Å²) in [6.45, 7) is 11.0. The second kappa shape index (κ2) is 5.21. The van der Waals surface area contributed by atoms with E-state index in [0.717, 1.165) is 5.69 Å². The minimum atomic E-state index is -0.0985. The van der Waals surface area contributed by atoms with E-state index >= 15 is 0 Å². The summed E-state index contributed by atoms with van der Waals surface area (Å²) in [4.78, 5) is 11.9. The van der Waals surface area contributed by atoms with Gasteiger partial charge in [0.15, 0.2) is 0 Å². The Labute approximate surface area is 111 Å². The highest BCUT2D eigenvalue weighted by molar-refractivity contribution is 9.10. The molecule has 0 radical (unpaired) electrons. The maximum absolute atomic E-state index is 11.9. The van der Waals surface area contributed by atoms with Gasteiger partial charge in [0.25, 0.3) is 5.56 Å². The molecule has 17 heavy (non-hydrogen) atoms. The maximum Gasteiger partial charge on any atom is 0.283 e. The van der Waals surface area contributed by atoms with Crippen LogP contribution in [0.15, 0.2) is 15.5 Å². The number of halogens is 1. The molecule has 5 heteroatoms. The summed E-state index contributed by atoms with van der Waals surface area (Å²) in [6.07, 6.45) is 1.69. The van der Waals surface area contributed by atoms with Gasteiger partial charge >= 0.3 is 0 Å². The first-order valence-electron chi connectivity index (χ1n) is 5.79. The molecule has 1 heterocycles. The van der Waals surface area contributed by atoms with Gasteiger partial charge < -0.3 is 5.32 Å². The van der Waals surface area contributed by atoms with Crippen LogP contribution in [0.5, 0.6) is 0 Å². The smallest absolute Gasteiger partial charge is 0.283 e. The lowest BCUT2D eigenvalue weighted by atomic mass is 9.88. The summed E-state index contributed by atoms with van der Waals surface area (Å²) < 4.78 is 1.97. The van der Waals surface area contributed by atoms with E-state index < -0.39 is 0 Å². The third-order valence-electron chi connectivity index (χ3n) is 2.96. The van der Waals surface area contributed by atoms with Gasteiger partial charge in [0.1, 0.15) is 4.47 Å². The molecule has 1 aromatic heterocycles. The molecule has 0 saturated heterocycles. The maximum atomic E-state index is 11.9. The summed E-state index contributed by atoms with van der Waals surface area (Å²) >= 11 is 3.33. The lowest BCUT2D eigenvalue weighted by Crippen LogP contribution is -2.32. The van der Waals surface area contributed by atoms with Crippen LogP contribution < -0.4 is 10.9 Å². The molecule has 1 atom stereocenters. The molecule has 4 nitrogen and oxygen atoms in total. The van der Waals surface area contributed by atoms with Crippen molar-refractivity contribution in [3.63, 3.8) is 0 Å². The third-order valence-corrected chi connectivity index (χ3v) is 3.72. The predicted molar refractivity (Wildman–Crippen MR) is 74.4 cm³/mol. The number of hydrogen-bond acceptors (Lipinski definition) is 3. The first-order chi connectivity index (χ1) is 7.77. The van der Waals surface area contributed by atoms with Gasteiger partial charge in [0.2, 0.25) is 0 Å². The molecular weight excluding hydrogens is 282 g/mol. The molecule has 0 aliphatic heterocycles. The molecule has 0 aromatic carbocycles. The SMILES string of the molecule is CCn1ncc(NC(C)C(C)(C)C)c(Br)c1=O. The monoisotopic (exact) mass is 301 g/mol. The van der Waals surface area contributed by atoms with Crippen LogP contribution in [-0.2, 0) is 6.54 Å². The van der Waals surface area contributed by atoms with Crippen LogP contribution in [0, 0.1) is 5.41 Å². The normalized spacial score (nSPS) is 13.5. The van der Waals surface area contributed by atoms with Crippen molar-refractivity contribution >= 4 is 21.6 Å². The standard InChI is InChI=1S/C12H20BrN3O/c1-6-16-11(17)10(13)9(7-14-16)15-8(2)12(3,4)5/h7-8,15H,6H2,1-5H3. The van der Waals surface area contributed by atoms with Gasteiger partial charge in [0, 0.05) is 12.6 Å². The first kappa shape index (κ1) is 14.2. The van der Waals surface area contributed by atoms with Crippen molar-refractivity contribution in [3.05, 3.63) is 21.0 Å². The predicted octanol–water partition coefficient (Wildman–Crippen LogP) is 2.87. The number of nitrogens with zero attached hydrogens (tertiary/aromatic N) is 2. The van der Waals surface area contributed by atoms with E-state index in [1.807, 2.05) is 6.92 Å². The second-order valence-electron chi connectivity index (χ2n) is 5.23. The topological polar surface area (TPSA) is 46.9 Å². The molecule has 0 fully saturated rings. The zero-order valence-corrected chi connectivity index (χ0v) is 12.6. The van der Waals surface area contributed by atoms with Crippen molar-refractivity contribution in [2.75, 3.05) is 5.32 Å². The van der Waals surface area contributed by atoms with Crippen LogP contribution in [0.2, 0.25) is 0 Å². The number of hydrogen-bond donors (Lipinski definition) is 1. The molecule has 0 aliphatic carbocycles. The van der Waals surface area contributed by atoms with Crippen LogP contribution in [0.3, 0.4) is 0 Å². The molecule has 1 aromatic rings. The van der Waals surface area contributed by atoms with Crippen molar-refractivity contribution in [2.45, 2.75) is 47.2 Å². The zero-order valence-electron chi connectivity index (χ0n) is 11.0. The number of aryl methyl sites for hydroxylation is 1. The lowest BCUT2D eigenvalue weighted by molar-refractivity contribution is 0.359. The van der Waals surface area contributed by atoms with Gasteiger partial charge in [-0.05, 0) is 35.2 Å². The molecule has 96 valence electrons. The Morgan fingerprint density at radius 2 is 2.12 bits per heavy atom. The Kier molecular flexibility index (Phi) is 4.36. The van der Waals surface area contributed by atoms with E-state index in [0.29, 0.717) is 11.0 Å². The van der Waals surface area contributed by atoms with Gasteiger partial charge in [-0.15, -0.1) is 0 Å². The van der Waals surface area contributed by atoms with E-state index in [-0.39, 0.29) is 17.0 Å². The lowest BCUT2D eigenvalue weighted by Gasteiger charge is -2.29. The highest BCUT2D eigenvalue weighted by Gasteiger charge is 2.21. The number of nitrogens with one attached hydrogen (secondary N) is 1. The Morgan fingerprint density at radius 3 is 2.59 bits per heavy atom. The van der Waals surface area contributed by atoms with Crippen molar-refractivity contribution in [1.29, 1.82) is 0 Å². The van der Waals surface area contributed by atoms with Gasteiger partial charge in [-0.2, -0.15) is 5.10 Å². The number of aromatic nitrogens is 2. The molecule has 0 spiro atoms. The van der Waals surface area contributed by atoms with Gasteiger partial charge in [-0.25, -0.2) is 4.68 Å². The van der Waals surface area contributed by atoms with Crippen molar-refractivity contribution < 1.29 is 0 Å². The fraction of sp³-hybridized carbons (Fsp3) is 0.667. The third kappa shape index (κ3) is 3.31. The van der Waals surface area contributed by atoms with Crippen LogP contribution >= 0.6 is 15.9 Å². The van der Waals surface area contributed by atoms with E-state index in [4.69, 9.17) is 0 Å². The van der Waals surface area contributed by atoms with E-state index in [9.17, 15) is 4.79 Å². The minimum Gasteiger partial charge on any atom is -0.380 e. The Bertz CT molecular complexity index is 448. The van der Waals surface area contributed by atoms with Crippen molar-refractivity contribution in [1.82, 2.24) is 9.78 Å². The molecule has 1 unspecified atom stereocenters. The largest absolute Gasteiger partial charge is 0.380 e. The van der Waals surface area contributed by atoms with Crippen molar-refractivity contribution in [3.8, 4) is 0 Å². The summed E-state index contributed by atoms with van der Waals surface area (Å²) in [7, 11) is 0. The number of anilines is 1. The molecule has 0 saturated carbocycles. The average molecular weight is 302 g/mol. The number of rotatable bonds is 3. The Balaban J connectivity index is 3.02.